The minimum absolute atomic E-state index is 0.0722. The molecule has 0 saturated heterocycles. The number of nitrogens with zero attached hydrogens (tertiary/aromatic N) is 2. The highest BCUT2D eigenvalue weighted by molar-refractivity contribution is 9.10. The summed E-state index contributed by atoms with van der Waals surface area (Å²) in [5.41, 5.74) is 6.75. The Kier molecular flexibility index (Phi) is 7.07. The van der Waals surface area contributed by atoms with Crippen molar-refractivity contribution in [2.45, 2.75) is 25.5 Å². The molecule has 1 aliphatic carbocycles. The molecule has 220 valence electrons. The molecule has 7 heteroatoms. The van der Waals surface area contributed by atoms with Crippen LogP contribution in [0.1, 0.15) is 40.3 Å². The van der Waals surface area contributed by atoms with E-state index in [0.29, 0.717) is 20.6 Å². The fraction of sp³-hybridized carbons (Fsp3) is 0.105. The summed E-state index contributed by atoms with van der Waals surface area (Å²) in [6.45, 7) is 0.0722. The van der Waals surface area contributed by atoms with Gasteiger partial charge in [0.05, 0.1) is 16.3 Å². The summed E-state index contributed by atoms with van der Waals surface area (Å²) in [7, 11) is 0. The fourth-order valence-corrected chi connectivity index (χ4v) is 7.67. The second-order valence-corrected chi connectivity index (χ2v) is 13.2. The van der Waals surface area contributed by atoms with Crippen LogP contribution in [0.3, 0.4) is 0 Å². The Morgan fingerprint density at radius 1 is 0.911 bits per heavy atom. The van der Waals surface area contributed by atoms with Crippen molar-refractivity contribution in [3.63, 3.8) is 0 Å². The van der Waals surface area contributed by atoms with E-state index in [-0.39, 0.29) is 24.0 Å². The highest BCUT2D eigenvalue weighted by atomic mass is 79.9. The van der Waals surface area contributed by atoms with E-state index >= 15 is 0 Å². The van der Waals surface area contributed by atoms with Gasteiger partial charge >= 0.3 is 0 Å². The lowest BCUT2D eigenvalue weighted by atomic mass is 9.83. The van der Waals surface area contributed by atoms with Crippen molar-refractivity contribution in [2.75, 3.05) is 0 Å². The van der Waals surface area contributed by atoms with E-state index in [1.54, 1.807) is 18.2 Å². The predicted molar refractivity (Wildman–Crippen MR) is 182 cm³/mol. The smallest absolute Gasteiger partial charge is 0.271 e. The van der Waals surface area contributed by atoms with Crippen LogP contribution >= 0.6 is 27.3 Å². The molecule has 45 heavy (non-hydrogen) atoms. The van der Waals surface area contributed by atoms with Gasteiger partial charge < -0.3 is 4.74 Å². The Hall–Kier alpha value is -4.59. The molecule has 5 aromatic carbocycles. The molecule has 0 unspecified atom stereocenters. The zero-order valence-electron chi connectivity index (χ0n) is 24.0. The highest BCUT2D eigenvalue weighted by Crippen LogP contribution is 2.41. The average molecular weight is 674 g/mol. The highest BCUT2D eigenvalue weighted by Gasteiger charge is 2.32. The Labute approximate surface area is 271 Å². The van der Waals surface area contributed by atoms with Crippen molar-refractivity contribution in [3.05, 3.63) is 173 Å². The van der Waals surface area contributed by atoms with Crippen molar-refractivity contribution >= 4 is 49.8 Å². The van der Waals surface area contributed by atoms with Crippen molar-refractivity contribution < 1.29 is 9.13 Å². The number of benzene rings is 5. The van der Waals surface area contributed by atoms with Gasteiger partial charge in [-0.25, -0.2) is 9.38 Å². The van der Waals surface area contributed by atoms with Crippen molar-refractivity contribution in [1.29, 1.82) is 0 Å². The summed E-state index contributed by atoms with van der Waals surface area (Å²) < 4.78 is 24.1. The summed E-state index contributed by atoms with van der Waals surface area (Å²) in [6.07, 6.45) is 3.65. The molecule has 6 aromatic rings. The summed E-state index contributed by atoms with van der Waals surface area (Å²) in [6, 6.07) is 34.9. The predicted octanol–water partition coefficient (Wildman–Crippen LogP) is 7.95. The van der Waals surface area contributed by atoms with Crippen LogP contribution in [0, 0.1) is 5.82 Å². The molecule has 0 saturated carbocycles. The number of thiazole rings is 1. The monoisotopic (exact) mass is 672 g/mol. The van der Waals surface area contributed by atoms with Crippen molar-refractivity contribution in [2.24, 2.45) is 4.99 Å². The third-order valence-corrected chi connectivity index (χ3v) is 10.1. The van der Waals surface area contributed by atoms with Gasteiger partial charge in [0.15, 0.2) is 4.80 Å². The van der Waals surface area contributed by atoms with Gasteiger partial charge in [-0.05, 0) is 70.7 Å². The minimum Gasteiger partial charge on any atom is -0.488 e. The number of hydrogen-bond donors (Lipinski definition) is 0. The number of halogens is 2. The van der Waals surface area contributed by atoms with Crippen molar-refractivity contribution in [1.82, 2.24) is 4.57 Å². The first kappa shape index (κ1) is 27.9. The largest absolute Gasteiger partial charge is 0.488 e. The Morgan fingerprint density at radius 3 is 2.56 bits per heavy atom. The van der Waals surface area contributed by atoms with Crippen LogP contribution in [-0.4, -0.2) is 4.57 Å². The Bertz CT molecular complexity index is 2340. The van der Waals surface area contributed by atoms with E-state index in [9.17, 15) is 9.18 Å². The van der Waals surface area contributed by atoms with Gasteiger partial charge in [0, 0.05) is 21.2 Å². The molecule has 2 aliphatic rings. The van der Waals surface area contributed by atoms with Gasteiger partial charge in [-0.15, -0.1) is 0 Å². The number of hydrogen-bond acceptors (Lipinski definition) is 4. The zero-order chi connectivity index (χ0) is 30.5. The Balaban J connectivity index is 1.33. The maximum atomic E-state index is 14.4. The first-order valence-corrected chi connectivity index (χ1v) is 16.4. The lowest BCUT2D eigenvalue weighted by Crippen LogP contribution is -2.38. The number of allylic oxidation sites excluding steroid dienone is 1. The fourth-order valence-electron chi connectivity index (χ4n) is 6.42. The zero-order valence-corrected chi connectivity index (χ0v) is 26.4. The first-order valence-electron chi connectivity index (χ1n) is 14.8. The molecule has 0 spiro atoms. The molecule has 0 radical (unpaired) electrons. The second kappa shape index (κ2) is 11.4. The van der Waals surface area contributed by atoms with Crippen LogP contribution in [0.25, 0.3) is 22.5 Å². The molecule has 2 heterocycles. The van der Waals surface area contributed by atoms with E-state index in [0.717, 1.165) is 56.0 Å². The van der Waals surface area contributed by atoms with Crippen molar-refractivity contribution in [3.8, 4) is 5.75 Å². The maximum absolute atomic E-state index is 14.4. The Morgan fingerprint density at radius 2 is 1.69 bits per heavy atom. The number of fused-ring (bicyclic) bond motifs is 4. The van der Waals surface area contributed by atoms with E-state index < -0.39 is 0 Å². The third-order valence-electron chi connectivity index (χ3n) is 8.61. The van der Waals surface area contributed by atoms with E-state index in [1.807, 2.05) is 59.2 Å². The molecule has 1 aliphatic heterocycles. The molecule has 0 N–H and O–H groups in total. The number of rotatable bonds is 5. The SMILES string of the molecule is O=c1/c(=C\c2c(OCc3ccccc3F)ccc3ccccc23)sc2n1[C@@H](c1ccc(Br)cc1)C1=C(N=2)c2ccccc2CC1. The van der Waals surface area contributed by atoms with Crippen LogP contribution in [0.2, 0.25) is 0 Å². The number of aromatic nitrogens is 1. The van der Waals surface area contributed by atoms with E-state index in [2.05, 4.69) is 52.3 Å². The average Bonchev–Trinajstić information content (AvgIpc) is 3.38. The molecule has 8 rings (SSSR count). The second-order valence-electron chi connectivity index (χ2n) is 11.2. The van der Waals surface area contributed by atoms with Crippen LogP contribution in [0.15, 0.2) is 129 Å². The number of ether oxygens (including phenoxy) is 1. The molecule has 1 aromatic heterocycles. The van der Waals surface area contributed by atoms with Crippen LogP contribution in [0.4, 0.5) is 4.39 Å². The van der Waals surface area contributed by atoms with Gasteiger partial charge in [0.1, 0.15) is 18.2 Å². The van der Waals surface area contributed by atoms with Gasteiger partial charge in [-0.3, -0.25) is 9.36 Å². The lowest BCUT2D eigenvalue weighted by Gasteiger charge is -2.30. The molecule has 1 atom stereocenters. The summed E-state index contributed by atoms with van der Waals surface area (Å²) in [5.74, 6) is 0.270. The third kappa shape index (κ3) is 4.96. The molecule has 0 bridgehead atoms. The first-order chi connectivity index (χ1) is 22.0. The van der Waals surface area contributed by atoms with E-state index in [1.165, 1.54) is 23.0 Å². The van der Waals surface area contributed by atoms with Gasteiger partial charge in [0.25, 0.3) is 5.56 Å². The van der Waals surface area contributed by atoms with Gasteiger partial charge in [-0.2, -0.15) is 0 Å². The molecule has 4 nitrogen and oxygen atoms in total. The quantitative estimate of drug-likeness (QED) is 0.187. The summed E-state index contributed by atoms with van der Waals surface area (Å²) in [5, 5.41) is 1.97. The van der Waals surface area contributed by atoms with Crippen LogP contribution < -0.4 is 19.6 Å². The van der Waals surface area contributed by atoms with Gasteiger partial charge in [0.2, 0.25) is 0 Å². The molecule has 0 fully saturated rings. The van der Waals surface area contributed by atoms with Crippen LogP contribution in [-0.2, 0) is 13.0 Å². The van der Waals surface area contributed by atoms with Gasteiger partial charge in [-0.1, -0.05) is 112 Å². The maximum Gasteiger partial charge on any atom is 0.271 e. The summed E-state index contributed by atoms with van der Waals surface area (Å²) in [4.78, 5) is 20.2. The molecule has 0 amide bonds. The van der Waals surface area contributed by atoms with Crippen LogP contribution in [0.5, 0.6) is 5.75 Å². The standard InChI is InChI=1S/C38H26BrFN2O2S/c39-27-17-13-25(14-18-27)36-30-19-15-24-8-2-5-11-29(24)35(30)41-38-42(36)37(43)34(45-38)21-31-28-10-4-1-7-23(28)16-20-33(31)44-22-26-9-3-6-12-32(26)40/h1-14,16-18,20-21,36H,15,19,22H2/b34-21+/t36-/m0/s1. The summed E-state index contributed by atoms with van der Waals surface area (Å²) >= 11 is 4.96. The molecular weight excluding hydrogens is 647 g/mol. The number of aryl methyl sites for hydroxylation is 1. The topological polar surface area (TPSA) is 43.6 Å². The lowest BCUT2D eigenvalue weighted by molar-refractivity contribution is 0.299. The van der Waals surface area contributed by atoms with E-state index in [4.69, 9.17) is 9.73 Å². The molecular formula is C38H26BrFN2O2S. The normalized spacial score (nSPS) is 15.8. The minimum atomic E-state index is -0.313.